The first kappa shape index (κ1) is 18.6. The molecule has 1 atom stereocenters. The highest BCUT2D eigenvalue weighted by Gasteiger charge is 2.31. The van der Waals surface area contributed by atoms with E-state index in [-0.39, 0.29) is 18.2 Å². The number of hydrogen-bond acceptors (Lipinski definition) is 2. The number of benzene rings is 2. The summed E-state index contributed by atoms with van der Waals surface area (Å²) in [5.41, 5.74) is 8.61. The Kier molecular flexibility index (Phi) is 6.11. The molecule has 0 unspecified atom stereocenters. The molecule has 0 bridgehead atoms. The van der Waals surface area contributed by atoms with Crippen molar-refractivity contribution in [3.8, 4) is 5.75 Å². The fourth-order valence-electron chi connectivity index (χ4n) is 2.04. The van der Waals surface area contributed by atoms with Gasteiger partial charge in [0.25, 0.3) is 0 Å². The van der Waals surface area contributed by atoms with E-state index >= 15 is 0 Å². The predicted octanol–water partition coefficient (Wildman–Crippen LogP) is 5.02. The number of nitrogens with two attached hydrogens (primary N) is 1. The van der Waals surface area contributed by atoms with Gasteiger partial charge >= 0.3 is 6.36 Å². The lowest BCUT2D eigenvalue weighted by Crippen LogP contribution is -2.17. The van der Waals surface area contributed by atoms with E-state index < -0.39 is 12.4 Å². The third-order valence-electron chi connectivity index (χ3n) is 3.04. The van der Waals surface area contributed by atoms with Crippen molar-refractivity contribution in [3.05, 3.63) is 64.2 Å². The molecular formula is C15H14Cl2F3NO. The lowest BCUT2D eigenvalue weighted by Gasteiger charge is -2.16. The van der Waals surface area contributed by atoms with Crippen LogP contribution in [0.15, 0.2) is 42.5 Å². The minimum absolute atomic E-state index is 0. The first-order chi connectivity index (χ1) is 9.76. The van der Waals surface area contributed by atoms with Crippen LogP contribution in [-0.4, -0.2) is 6.36 Å². The Morgan fingerprint density at radius 3 is 2.18 bits per heavy atom. The normalized spacial score (nSPS) is 12.5. The van der Waals surface area contributed by atoms with E-state index in [1.807, 2.05) is 13.0 Å². The zero-order chi connectivity index (χ0) is 15.6. The van der Waals surface area contributed by atoms with Crippen molar-refractivity contribution >= 4 is 24.0 Å². The zero-order valence-electron chi connectivity index (χ0n) is 11.5. The summed E-state index contributed by atoms with van der Waals surface area (Å²) in [6, 6.07) is 10.4. The largest absolute Gasteiger partial charge is 0.573 e. The number of ether oxygens (including phenoxy) is 1. The van der Waals surface area contributed by atoms with Crippen LogP contribution < -0.4 is 10.5 Å². The van der Waals surface area contributed by atoms with Crippen LogP contribution in [0, 0.1) is 6.92 Å². The molecule has 7 heteroatoms. The maximum absolute atomic E-state index is 12.1. The third-order valence-corrected chi connectivity index (χ3v) is 3.27. The highest BCUT2D eigenvalue weighted by atomic mass is 35.5. The smallest absolute Gasteiger partial charge is 0.406 e. The summed E-state index contributed by atoms with van der Waals surface area (Å²) >= 11 is 5.89. The summed E-state index contributed by atoms with van der Waals surface area (Å²) in [5, 5.41) is 0.609. The first-order valence-corrected chi connectivity index (χ1v) is 6.51. The van der Waals surface area contributed by atoms with E-state index in [0.717, 1.165) is 11.1 Å². The molecule has 2 rings (SSSR count). The maximum atomic E-state index is 12.1. The standard InChI is InChI=1S/C15H13ClF3NO.ClH/c1-9-8-11(16)4-7-13(9)14(20)10-2-5-12(6-3-10)21-15(17,18)19;/h2-8,14H,20H2,1H3;1H/t14-;/m0./s1. The van der Waals surface area contributed by atoms with Crippen molar-refractivity contribution in [1.82, 2.24) is 0 Å². The lowest BCUT2D eigenvalue weighted by molar-refractivity contribution is -0.274. The van der Waals surface area contributed by atoms with Gasteiger partial charge in [0.05, 0.1) is 6.04 Å². The monoisotopic (exact) mass is 351 g/mol. The molecule has 0 radical (unpaired) electrons. The molecular weight excluding hydrogens is 338 g/mol. The molecule has 2 N–H and O–H groups in total. The molecule has 2 aromatic carbocycles. The summed E-state index contributed by atoms with van der Waals surface area (Å²) in [6.45, 7) is 1.88. The molecule has 0 spiro atoms. The van der Waals surface area contributed by atoms with Gasteiger partial charge in [-0.25, -0.2) is 0 Å². The fraction of sp³-hybridized carbons (Fsp3) is 0.200. The van der Waals surface area contributed by atoms with Crippen molar-refractivity contribution in [2.45, 2.75) is 19.3 Å². The number of rotatable bonds is 3. The highest BCUT2D eigenvalue weighted by Crippen LogP contribution is 2.28. The minimum atomic E-state index is -4.70. The van der Waals surface area contributed by atoms with Crippen LogP contribution in [0.2, 0.25) is 5.02 Å². The second-order valence-electron chi connectivity index (χ2n) is 4.60. The average molecular weight is 352 g/mol. The Hall–Kier alpha value is -1.43. The average Bonchev–Trinajstić information content (AvgIpc) is 2.37. The maximum Gasteiger partial charge on any atom is 0.573 e. The SMILES string of the molecule is Cc1cc(Cl)ccc1[C@@H](N)c1ccc(OC(F)(F)F)cc1.Cl. The third kappa shape index (κ3) is 4.80. The molecule has 0 saturated heterocycles. The van der Waals surface area contributed by atoms with Gasteiger partial charge < -0.3 is 10.5 Å². The summed E-state index contributed by atoms with van der Waals surface area (Å²) in [6.07, 6.45) is -4.70. The number of alkyl halides is 3. The van der Waals surface area contributed by atoms with Crippen molar-refractivity contribution in [1.29, 1.82) is 0 Å². The topological polar surface area (TPSA) is 35.2 Å². The Balaban J connectivity index is 0.00000242. The van der Waals surface area contributed by atoms with Crippen molar-refractivity contribution in [2.75, 3.05) is 0 Å². The van der Waals surface area contributed by atoms with Crippen molar-refractivity contribution < 1.29 is 17.9 Å². The Labute approximate surface area is 137 Å². The molecule has 0 aliphatic heterocycles. The van der Waals surface area contributed by atoms with Gasteiger partial charge in [-0.2, -0.15) is 0 Å². The predicted molar refractivity (Wildman–Crippen MR) is 82.6 cm³/mol. The Bertz CT molecular complexity index is 630. The molecule has 0 aromatic heterocycles. The van der Waals surface area contributed by atoms with Crippen molar-refractivity contribution in [3.63, 3.8) is 0 Å². The van der Waals surface area contributed by atoms with Crippen LogP contribution in [0.4, 0.5) is 13.2 Å². The molecule has 2 nitrogen and oxygen atoms in total. The molecule has 2 aromatic rings. The summed E-state index contributed by atoms with van der Waals surface area (Å²) < 4.78 is 40.1. The zero-order valence-corrected chi connectivity index (χ0v) is 13.1. The van der Waals surface area contributed by atoms with Gasteiger partial charge in [0.1, 0.15) is 5.75 Å². The minimum Gasteiger partial charge on any atom is -0.406 e. The summed E-state index contributed by atoms with van der Waals surface area (Å²) in [7, 11) is 0. The van der Waals surface area contributed by atoms with Gasteiger partial charge in [-0.3, -0.25) is 0 Å². The van der Waals surface area contributed by atoms with Crippen LogP contribution in [0.1, 0.15) is 22.7 Å². The van der Waals surface area contributed by atoms with E-state index in [2.05, 4.69) is 4.74 Å². The molecule has 0 saturated carbocycles. The second-order valence-corrected chi connectivity index (χ2v) is 5.03. The molecule has 22 heavy (non-hydrogen) atoms. The van der Waals surface area contributed by atoms with Gasteiger partial charge in [0, 0.05) is 5.02 Å². The number of halogens is 5. The molecule has 0 amide bonds. The van der Waals surface area contributed by atoms with E-state index in [0.29, 0.717) is 10.6 Å². The number of hydrogen-bond donors (Lipinski definition) is 1. The Morgan fingerprint density at radius 1 is 1.09 bits per heavy atom. The molecule has 120 valence electrons. The van der Waals surface area contributed by atoms with Gasteiger partial charge in [-0.1, -0.05) is 29.8 Å². The molecule has 0 fully saturated rings. The molecule has 0 heterocycles. The highest BCUT2D eigenvalue weighted by molar-refractivity contribution is 6.30. The van der Waals surface area contributed by atoms with Crippen molar-refractivity contribution in [2.24, 2.45) is 5.73 Å². The van der Waals surface area contributed by atoms with Gasteiger partial charge in [0.2, 0.25) is 0 Å². The van der Waals surface area contributed by atoms with E-state index in [1.54, 1.807) is 12.1 Å². The van der Waals surface area contributed by atoms with Crippen LogP contribution in [0.25, 0.3) is 0 Å². The first-order valence-electron chi connectivity index (χ1n) is 6.13. The van der Waals surface area contributed by atoms with Gasteiger partial charge in [-0.15, -0.1) is 25.6 Å². The van der Waals surface area contributed by atoms with Crippen LogP contribution in [-0.2, 0) is 0 Å². The van der Waals surface area contributed by atoms with Crippen LogP contribution in [0.3, 0.4) is 0 Å². The summed E-state index contributed by atoms with van der Waals surface area (Å²) in [5.74, 6) is -0.272. The quantitative estimate of drug-likeness (QED) is 0.842. The van der Waals surface area contributed by atoms with E-state index in [9.17, 15) is 13.2 Å². The fourth-order valence-corrected chi connectivity index (χ4v) is 2.27. The van der Waals surface area contributed by atoms with E-state index in [4.69, 9.17) is 17.3 Å². The van der Waals surface area contributed by atoms with Crippen LogP contribution >= 0.6 is 24.0 Å². The van der Waals surface area contributed by atoms with Gasteiger partial charge in [0.15, 0.2) is 0 Å². The molecule has 0 aliphatic carbocycles. The molecule has 0 aliphatic rings. The second kappa shape index (κ2) is 7.22. The van der Waals surface area contributed by atoms with Crippen LogP contribution in [0.5, 0.6) is 5.75 Å². The Morgan fingerprint density at radius 2 is 1.68 bits per heavy atom. The van der Waals surface area contributed by atoms with Gasteiger partial charge in [-0.05, 0) is 47.9 Å². The number of aryl methyl sites for hydroxylation is 1. The summed E-state index contributed by atoms with van der Waals surface area (Å²) in [4.78, 5) is 0. The lowest BCUT2D eigenvalue weighted by atomic mass is 9.96. The van der Waals surface area contributed by atoms with E-state index in [1.165, 1.54) is 24.3 Å².